The van der Waals surface area contributed by atoms with Gasteiger partial charge in [0.05, 0.1) is 26.9 Å². The summed E-state index contributed by atoms with van der Waals surface area (Å²) in [6, 6.07) is 5.02. The molecule has 1 amide bonds. The maximum absolute atomic E-state index is 12.5. The molecule has 2 rings (SSSR count). The molecular formula is C15H21NO4. The summed E-state index contributed by atoms with van der Waals surface area (Å²) < 4.78 is 10.4. The Morgan fingerprint density at radius 2 is 2.05 bits per heavy atom. The highest BCUT2D eigenvalue weighted by atomic mass is 16.5. The summed E-state index contributed by atoms with van der Waals surface area (Å²) in [6.07, 6.45) is 0.921. The fourth-order valence-corrected chi connectivity index (χ4v) is 2.67. The van der Waals surface area contributed by atoms with E-state index in [2.05, 4.69) is 6.92 Å². The lowest BCUT2D eigenvalue weighted by molar-refractivity contribution is 0.0648. The van der Waals surface area contributed by atoms with E-state index < -0.39 is 0 Å². The smallest absolute Gasteiger partial charge is 0.254 e. The standard InChI is InChI=1S/C15H21NO4/c1-10-6-7-16(12(10)9-17)15(18)11-4-5-13(19-2)14(8-11)20-3/h4-5,8,10,12,17H,6-7,9H2,1-3H3. The largest absolute Gasteiger partial charge is 0.493 e. The third-order valence-corrected chi connectivity index (χ3v) is 3.96. The lowest BCUT2D eigenvalue weighted by Crippen LogP contribution is -2.39. The topological polar surface area (TPSA) is 59.0 Å². The van der Waals surface area contributed by atoms with Gasteiger partial charge in [-0.05, 0) is 30.5 Å². The first kappa shape index (κ1) is 14.7. The molecule has 1 aliphatic rings. The molecule has 0 radical (unpaired) electrons. The predicted octanol–water partition coefficient (Wildman–Crippen LogP) is 1.55. The van der Waals surface area contributed by atoms with Gasteiger partial charge in [0.2, 0.25) is 0 Å². The van der Waals surface area contributed by atoms with E-state index in [0.29, 0.717) is 29.5 Å². The van der Waals surface area contributed by atoms with Gasteiger partial charge in [-0.3, -0.25) is 4.79 Å². The zero-order valence-corrected chi connectivity index (χ0v) is 12.1. The van der Waals surface area contributed by atoms with Crippen LogP contribution in [0.15, 0.2) is 18.2 Å². The molecule has 1 aromatic carbocycles. The molecular weight excluding hydrogens is 258 g/mol. The Hall–Kier alpha value is -1.75. The van der Waals surface area contributed by atoms with E-state index in [9.17, 15) is 9.90 Å². The molecule has 1 fully saturated rings. The van der Waals surface area contributed by atoms with Crippen molar-refractivity contribution in [1.29, 1.82) is 0 Å². The molecule has 1 N–H and O–H groups in total. The molecule has 2 unspecified atom stereocenters. The van der Waals surface area contributed by atoms with Crippen LogP contribution in [0.5, 0.6) is 11.5 Å². The van der Waals surface area contributed by atoms with Crippen LogP contribution in [-0.4, -0.2) is 49.3 Å². The molecule has 0 bridgehead atoms. The van der Waals surface area contributed by atoms with Gasteiger partial charge in [-0.25, -0.2) is 0 Å². The summed E-state index contributed by atoms with van der Waals surface area (Å²) in [4.78, 5) is 14.3. The number of rotatable bonds is 4. The summed E-state index contributed by atoms with van der Waals surface area (Å²) in [7, 11) is 3.10. The van der Waals surface area contributed by atoms with Crippen LogP contribution < -0.4 is 9.47 Å². The third-order valence-electron chi connectivity index (χ3n) is 3.96. The van der Waals surface area contributed by atoms with Crippen molar-refractivity contribution in [2.75, 3.05) is 27.4 Å². The summed E-state index contributed by atoms with van der Waals surface area (Å²) >= 11 is 0. The fourth-order valence-electron chi connectivity index (χ4n) is 2.67. The summed E-state index contributed by atoms with van der Waals surface area (Å²) in [5.41, 5.74) is 0.551. The number of amides is 1. The van der Waals surface area contributed by atoms with Crippen molar-refractivity contribution in [2.24, 2.45) is 5.92 Å². The zero-order valence-electron chi connectivity index (χ0n) is 12.1. The van der Waals surface area contributed by atoms with Crippen molar-refractivity contribution in [2.45, 2.75) is 19.4 Å². The molecule has 2 atom stereocenters. The highest BCUT2D eigenvalue weighted by Gasteiger charge is 2.34. The van der Waals surface area contributed by atoms with Crippen molar-refractivity contribution in [3.8, 4) is 11.5 Å². The van der Waals surface area contributed by atoms with Gasteiger partial charge in [0.15, 0.2) is 11.5 Å². The fraction of sp³-hybridized carbons (Fsp3) is 0.533. The molecule has 0 aromatic heterocycles. The normalized spacial score (nSPS) is 21.9. The number of aliphatic hydroxyl groups is 1. The van der Waals surface area contributed by atoms with Gasteiger partial charge in [0.1, 0.15) is 0 Å². The zero-order chi connectivity index (χ0) is 14.7. The molecule has 5 heteroatoms. The van der Waals surface area contributed by atoms with Crippen LogP contribution >= 0.6 is 0 Å². The Morgan fingerprint density at radius 1 is 1.35 bits per heavy atom. The van der Waals surface area contributed by atoms with E-state index in [1.54, 1.807) is 37.3 Å². The van der Waals surface area contributed by atoms with Crippen LogP contribution in [0.25, 0.3) is 0 Å². The van der Waals surface area contributed by atoms with Crippen LogP contribution in [0.3, 0.4) is 0 Å². The number of nitrogens with zero attached hydrogens (tertiary/aromatic N) is 1. The minimum absolute atomic E-state index is 0.000195. The van der Waals surface area contributed by atoms with Crippen LogP contribution in [0.2, 0.25) is 0 Å². The number of likely N-dealkylation sites (tertiary alicyclic amines) is 1. The molecule has 0 saturated carbocycles. The van der Waals surface area contributed by atoms with Crippen LogP contribution in [0, 0.1) is 5.92 Å². The van der Waals surface area contributed by atoms with Crippen molar-refractivity contribution in [1.82, 2.24) is 4.90 Å². The maximum atomic E-state index is 12.5. The Kier molecular flexibility index (Phi) is 4.49. The quantitative estimate of drug-likeness (QED) is 0.908. The summed E-state index contributed by atoms with van der Waals surface area (Å²) in [5.74, 6) is 1.38. The molecule has 20 heavy (non-hydrogen) atoms. The Bertz CT molecular complexity index is 489. The summed E-state index contributed by atoms with van der Waals surface area (Å²) in [5, 5.41) is 9.45. The predicted molar refractivity (Wildman–Crippen MR) is 75.2 cm³/mol. The molecule has 0 aliphatic carbocycles. The van der Waals surface area contributed by atoms with E-state index >= 15 is 0 Å². The van der Waals surface area contributed by atoms with Crippen molar-refractivity contribution in [3.05, 3.63) is 23.8 Å². The minimum atomic E-state index is -0.101. The van der Waals surface area contributed by atoms with Crippen LogP contribution in [0.4, 0.5) is 0 Å². The van der Waals surface area contributed by atoms with Gasteiger partial charge in [-0.2, -0.15) is 0 Å². The van der Waals surface area contributed by atoms with Gasteiger partial charge >= 0.3 is 0 Å². The number of carbonyl (C=O) groups excluding carboxylic acids is 1. The molecule has 1 aromatic rings. The van der Waals surface area contributed by atoms with E-state index in [0.717, 1.165) is 6.42 Å². The second-order valence-corrected chi connectivity index (χ2v) is 5.08. The van der Waals surface area contributed by atoms with Gasteiger partial charge in [-0.15, -0.1) is 0 Å². The Balaban J connectivity index is 2.25. The van der Waals surface area contributed by atoms with E-state index in [1.807, 2.05) is 0 Å². The number of ether oxygens (including phenoxy) is 2. The van der Waals surface area contributed by atoms with Crippen molar-refractivity contribution < 1.29 is 19.4 Å². The Morgan fingerprint density at radius 3 is 2.65 bits per heavy atom. The van der Waals surface area contributed by atoms with Gasteiger partial charge in [-0.1, -0.05) is 6.92 Å². The number of hydrogen-bond acceptors (Lipinski definition) is 4. The first-order valence-electron chi connectivity index (χ1n) is 6.76. The SMILES string of the molecule is COc1ccc(C(=O)N2CCC(C)C2CO)cc1OC. The number of hydrogen-bond donors (Lipinski definition) is 1. The van der Waals surface area contributed by atoms with Crippen molar-refractivity contribution in [3.63, 3.8) is 0 Å². The second kappa shape index (κ2) is 6.13. The third kappa shape index (κ3) is 2.58. The van der Waals surface area contributed by atoms with Gasteiger partial charge in [0.25, 0.3) is 5.91 Å². The molecule has 1 heterocycles. The minimum Gasteiger partial charge on any atom is -0.493 e. The van der Waals surface area contributed by atoms with Crippen molar-refractivity contribution >= 4 is 5.91 Å². The maximum Gasteiger partial charge on any atom is 0.254 e. The first-order valence-corrected chi connectivity index (χ1v) is 6.76. The number of methoxy groups -OCH3 is 2. The van der Waals surface area contributed by atoms with Gasteiger partial charge in [0, 0.05) is 12.1 Å². The number of carbonyl (C=O) groups is 1. The first-order chi connectivity index (χ1) is 9.62. The monoisotopic (exact) mass is 279 g/mol. The lowest BCUT2D eigenvalue weighted by atomic mass is 10.0. The average Bonchev–Trinajstić information content (AvgIpc) is 2.86. The highest BCUT2D eigenvalue weighted by molar-refractivity contribution is 5.95. The molecule has 1 saturated heterocycles. The molecule has 1 aliphatic heterocycles. The molecule has 5 nitrogen and oxygen atoms in total. The highest BCUT2D eigenvalue weighted by Crippen LogP contribution is 2.30. The second-order valence-electron chi connectivity index (χ2n) is 5.08. The van der Waals surface area contributed by atoms with Crippen LogP contribution in [-0.2, 0) is 0 Å². The van der Waals surface area contributed by atoms with Gasteiger partial charge < -0.3 is 19.5 Å². The van der Waals surface area contributed by atoms with E-state index in [4.69, 9.17) is 9.47 Å². The lowest BCUT2D eigenvalue weighted by Gasteiger charge is -2.25. The molecule has 0 spiro atoms. The average molecular weight is 279 g/mol. The van der Waals surface area contributed by atoms with E-state index in [-0.39, 0.29) is 18.6 Å². The summed E-state index contributed by atoms with van der Waals surface area (Å²) in [6.45, 7) is 2.74. The molecule has 110 valence electrons. The number of aliphatic hydroxyl groups excluding tert-OH is 1. The number of benzene rings is 1. The van der Waals surface area contributed by atoms with Crippen LogP contribution in [0.1, 0.15) is 23.7 Å². The van der Waals surface area contributed by atoms with E-state index in [1.165, 1.54) is 0 Å². The Labute approximate surface area is 119 Å².